The van der Waals surface area contributed by atoms with Crippen molar-refractivity contribution in [3.63, 3.8) is 0 Å². The second kappa shape index (κ2) is 10.8. The van der Waals surface area contributed by atoms with Gasteiger partial charge in [0.2, 0.25) is 11.8 Å². The zero-order valence-corrected chi connectivity index (χ0v) is 14.2. The Morgan fingerprint density at radius 1 is 0.955 bits per heavy atom. The summed E-state index contributed by atoms with van der Waals surface area (Å²) in [7, 11) is 0. The fourth-order valence-electron chi connectivity index (χ4n) is 3.32. The molecule has 2 rings (SSSR count). The number of carbonyl (C=O) groups is 2. The Hall–Kier alpha value is -0.810. The molecule has 0 aromatic heterocycles. The molecule has 0 bridgehead atoms. The van der Waals surface area contributed by atoms with Crippen molar-refractivity contribution in [1.82, 2.24) is 16.0 Å². The van der Waals surface area contributed by atoms with E-state index in [1.165, 1.54) is 38.5 Å². The van der Waals surface area contributed by atoms with Gasteiger partial charge in [-0.15, -0.1) is 12.4 Å². The smallest absolute Gasteiger partial charge is 0.239 e. The molecule has 1 unspecified atom stereocenters. The first kappa shape index (κ1) is 19.2. The maximum absolute atomic E-state index is 11.7. The molecule has 1 saturated carbocycles. The first-order valence-electron chi connectivity index (χ1n) is 8.48. The lowest BCUT2D eigenvalue weighted by molar-refractivity contribution is -0.126. The number of hydrogen-bond donors (Lipinski definition) is 3. The molecule has 0 aromatic rings. The van der Waals surface area contributed by atoms with E-state index in [0.29, 0.717) is 18.9 Å². The Morgan fingerprint density at radius 3 is 2.36 bits per heavy atom. The zero-order chi connectivity index (χ0) is 14.9. The molecule has 1 heterocycles. The van der Waals surface area contributed by atoms with Gasteiger partial charge in [-0.25, -0.2) is 0 Å². The molecule has 1 aliphatic carbocycles. The van der Waals surface area contributed by atoms with E-state index in [0.717, 1.165) is 25.4 Å². The third-order valence-electron chi connectivity index (χ3n) is 4.69. The molecular formula is C16H30ClN3O2. The molecule has 2 amide bonds. The largest absolute Gasteiger partial charge is 0.354 e. The third kappa shape index (κ3) is 7.45. The summed E-state index contributed by atoms with van der Waals surface area (Å²) in [6.45, 7) is 2.89. The van der Waals surface area contributed by atoms with Gasteiger partial charge in [0, 0.05) is 13.0 Å². The van der Waals surface area contributed by atoms with Gasteiger partial charge in [-0.3, -0.25) is 9.59 Å². The van der Waals surface area contributed by atoms with Crippen LogP contribution < -0.4 is 16.0 Å². The molecule has 2 aliphatic rings. The topological polar surface area (TPSA) is 70.2 Å². The summed E-state index contributed by atoms with van der Waals surface area (Å²) in [4.78, 5) is 23.4. The normalized spacial score (nSPS) is 21.9. The van der Waals surface area contributed by atoms with E-state index in [9.17, 15) is 9.59 Å². The van der Waals surface area contributed by atoms with Crippen LogP contribution >= 0.6 is 12.4 Å². The lowest BCUT2D eigenvalue weighted by Gasteiger charge is -2.22. The molecule has 3 N–H and O–H groups in total. The first-order chi connectivity index (χ1) is 10.2. The minimum absolute atomic E-state index is 0. The number of amides is 2. The highest BCUT2D eigenvalue weighted by atomic mass is 35.5. The quantitative estimate of drug-likeness (QED) is 0.664. The van der Waals surface area contributed by atoms with Crippen molar-refractivity contribution in [3.05, 3.63) is 0 Å². The molecular weight excluding hydrogens is 302 g/mol. The monoisotopic (exact) mass is 331 g/mol. The van der Waals surface area contributed by atoms with Gasteiger partial charge in [-0.05, 0) is 44.2 Å². The molecule has 5 nitrogen and oxygen atoms in total. The highest BCUT2D eigenvalue weighted by Gasteiger charge is 2.17. The maximum Gasteiger partial charge on any atom is 0.239 e. The number of carbonyl (C=O) groups excluding carboxylic acids is 2. The van der Waals surface area contributed by atoms with Crippen LogP contribution in [0.4, 0.5) is 0 Å². The standard InChI is InChI=1S/C16H29N3O2.ClH/c20-15(8-7-13-4-1-2-5-13)19-12-16(21)18-11-14-6-3-9-17-10-14;/h13-14,17H,1-12H2,(H,18,21)(H,19,20);1H. The first-order valence-corrected chi connectivity index (χ1v) is 8.48. The highest BCUT2D eigenvalue weighted by Crippen LogP contribution is 2.28. The number of hydrogen-bond acceptors (Lipinski definition) is 3. The number of nitrogens with one attached hydrogen (secondary N) is 3. The van der Waals surface area contributed by atoms with Crippen molar-refractivity contribution in [2.75, 3.05) is 26.2 Å². The Bertz CT molecular complexity index is 340. The second-order valence-electron chi connectivity index (χ2n) is 6.48. The van der Waals surface area contributed by atoms with E-state index in [1.807, 2.05) is 0 Å². The minimum Gasteiger partial charge on any atom is -0.354 e. The molecule has 6 heteroatoms. The second-order valence-corrected chi connectivity index (χ2v) is 6.48. The molecule has 0 aromatic carbocycles. The summed E-state index contributed by atoms with van der Waals surface area (Å²) < 4.78 is 0. The van der Waals surface area contributed by atoms with Crippen molar-refractivity contribution in [1.29, 1.82) is 0 Å². The molecule has 2 fully saturated rings. The molecule has 0 spiro atoms. The van der Waals surface area contributed by atoms with Crippen LogP contribution in [0.25, 0.3) is 0 Å². The van der Waals surface area contributed by atoms with Gasteiger partial charge in [-0.2, -0.15) is 0 Å². The van der Waals surface area contributed by atoms with Crippen LogP contribution in [0.15, 0.2) is 0 Å². The van der Waals surface area contributed by atoms with E-state index >= 15 is 0 Å². The maximum atomic E-state index is 11.7. The fourth-order valence-corrected chi connectivity index (χ4v) is 3.32. The van der Waals surface area contributed by atoms with Gasteiger partial charge in [0.1, 0.15) is 0 Å². The number of rotatable bonds is 7. The van der Waals surface area contributed by atoms with Crippen LogP contribution in [0, 0.1) is 11.8 Å². The van der Waals surface area contributed by atoms with Crippen LogP contribution in [-0.2, 0) is 9.59 Å². The molecule has 22 heavy (non-hydrogen) atoms. The Balaban J connectivity index is 0.00000242. The molecule has 0 radical (unpaired) electrons. The summed E-state index contributed by atoms with van der Waals surface area (Å²) in [6, 6.07) is 0. The van der Waals surface area contributed by atoms with E-state index in [-0.39, 0.29) is 30.8 Å². The summed E-state index contributed by atoms with van der Waals surface area (Å²) in [5, 5.41) is 8.97. The van der Waals surface area contributed by atoms with Gasteiger partial charge >= 0.3 is 0 Å². The fraction of sp³-hybridized carbons (Fsp3) is 0.875. The number of halogens is 1. The van der Waals surface area contributed by atoms with Crippen LogP contribution in [0.3, 0.4) is 0 Å². The van der Waals surface area contributed by atoms with Crippen LogP contribution in [0.1, 0.15) is 51.4 Å². The van der Waals surface area contributed by atoms with Crippen LogP contribution in [0.5, 0.6) is 0 Å². The van der Waals surface area contributed by atoms with Gasteiger partial charge in [0.05, 0.1) is 6.54 Å². The van der Waals surface area contributed by atoms with E-state index in [2.05, 4.69) is 16.0 Å². The van der Waals surface area contributed by atoms with Crippen molar-refractivity contribution in [3.8, 4) is 0 Å². The molecule has 1 atom stereocenters. The number of piperidine rings is 1. The molecule has 1 aliphatic heterocycles. The third-order valence-corrected chi connectivity index (χ3v) is 4.69. The summed E-state index contributed by atoms with van der Waals surface area (Å²) in [5.41, 5.74) is 0. The SMILES string of the molecule is Cl.O=C(CCC1CCCC1)NCC(=O)NCC1CCCNC1. The Morgan fingerprint density at radius 2 is 1.68 bits per heavy atom. The van der Waals surface area contributed by atoms with E-state index in [4.69, 9.17) is 0 Å². The minimum atomic E-state index is -0.0743. The van der Waals surface area contributed by atoms with Crippen molar-refractivity contribution < 1.29 is 9.59 Å². The van der Waals surface area contributed by atoms with Gasteiger partial charge in [0.15, 0.2) is 0 Å². The zero-order valence-electron chi connectivity index (χ0n) is 13.4. The highest BCUT2D eigenvalue weighted by molar-refractivity contribution is 5.85. The Kier molecular flexibility index (Phi) is 9.48. The average molecular weight is 332 g/mol. The van der Waals surface area contributed by atoms with Gasteiger partial charge in [0.25, 0.3) is 0 Å². The van der Waals surface area contributed by atoms with E-state index in [1.54, 1.807) is 0 Å². The molecule has 128 valence electrons. The summed E-state index contributed by atoms with van der Waals surface area (Å²) in [6.07, 6.45) is 9.03. The van der Waals surface area contributed by atoms with Crippen LogP contribution in [0.2, 0.25) is 0 Å². The van der Waals surface area contributed by atoms with Gasteiger partial charge in [-0.1, -0.05) is 25.7 Å². The van der Waals surface area contributed by atoms with Crippen molar-refractivity contribution in [2.45, 2.75) is 51.4 Å². The average Bonchev–Trinajstić information content (AvgIpc) is 3.03. The Labute approximate surface area is 139 Å². The lowest BCUT2D eigenvalue weighted by Crippen LogP contribution is -2.42. The van der Waals surface area contributed by atoms with Crippen molar-refractivity contribution >= 4 is 24.2 Å². The van der Waals surface area contributed by atoms with Crippen LogP contribution in [-0.4, -0.2) is 38.0 Å². The molecule has 1 saturated heterocycles. The summed E-state index contributed by atoms with van der Waals surface area (Å²) >= 11 is 0. The van der Waals surface area contributed by atoms with E-state index < -0.39 is 0 Å². The summed E-state index contributed by atoms with van der Waals surface area (Å²) in [5.74, 6) is 1.19. The predicted octanol–water partition coefficient (Wildman–Crippen LogP) is 1.61. The van der Waals surface area contributed by atoms with Gasteiger partial charge < -0.3 is 16.0 Å². The predicted molar refractivity (Wildman–Crippen MR) is 90.1 cm³/mol. The lowest BCUT2D eigenvalue weighted by atomic mass is 10.00. The van der Waals surface area contributed by atoms with Crippen molar-refractivity contribution in [2.24, 2.45) is 11.8 Å².